The van der Waals surface area contributed by atoms with Gasteiger partial charge in [0.25, 0.3) is 0 Å². The van der Waals surface area contributed by atoms with Gasteiger partial charge in [-0.3, -0.25) is 4.99 Å². The quantitative estimate of drug-likeness (QED) is 0.786. The van der Waals surface area contributed by atoms with Crippen LogP contribution in [0.15, 0.2) is 4.99 Å². The fourth-order valence-corrected chi connectivity index (χ4v) is 2.11. The smallest absolute Gasteiger partial charge is 0.158 e. The Balaban J connectivity index is 2.48. The second-order valence-electron chi connectivity index (χ2n) is 4.77. The maximum absolute atomic E-state index is 4.61. The third kappa shape index (κ3) is 2.46. The lowest BCUT2D eigenvalue weighted by Crippen LogP contribution is -2.13. The van der Waals surface area contributed by atoms with Gasteiger partial charge >= 0.3 is 0 Å². The summed E-state index contributed by atoms with van der Waals surface area (Å²) in [5, 5.41) is 0. The van der Waals surface area contributed by atoms with Gasteiger partial charge in [-0.15, -0.1) is 0 Å². The van der Waals surface area contributed by atoms with E-state index >= 15 is 0 Å². The van der Waals surface area contributed by atoms with Crippen LogP contribution in [0.5, 0.6) is 0 Å². The topological polar surface area (TPSA) is 41.4 Å². The lowest BCUT2D eigenvalue weighted by Gasteiger charge is -2.16. The fourth-order valence-electron chi connectivity index (χ4n) is 2.11. The molecule has 4 heteroatoms. The highest BCUT2D eigenvalue weighted by Crippen LogP contribution is 2.32. The van der Waals surface area contributed by atoms with E-state index in [9.17, 15) is 0 Å². The first kappa shape index (κ1) is 12.0. The van der Waals surface area contributed by atoms with Crippen molar-refractivity contribution in [2.45, 2.75) is 33.1 Å². The lowest BCUT2D eigenvalue weighted by atomic mass is 10.0. The summed E-state index contributed by atoms with van der Waals surface area (Å²) in [6, 6.07) is 0. The van der Waals surface area contributed by atoms with Crippen molar-refractivity contribution in [3.8, 4) is 0 Å². The van der Waals surface area contributed by atoms with E-state index in [-0.39, 0.29) is 0 Å². The predicted octanol–water partition coefficient (Wildman–Crippen LogP) is 2.53. The van der Waals surface area contributed by atoms with Crippen LogP contribution in [0.4, 0.5) is 11.5 Å². The second kappa shape index (κ2) is 4.82. The van der Waals surface area contributed by atoms with Gasteiger partial charge in [0.2, 0.25) is 0 Å². The molecule has 0 aromatic carbocycles. The number of hydrogen-bond acceptors (Lipinski definition) is 4. The average molecular weight is 232 g/mol. The summed E-state index contributed by atoms with van der Waals surface area (Å²) in [7, 11) is 4.00. The van der Waals surface area contributed by atoms with Gasteiger partial charge in [0.1, 0.15) is 11.5 Å². The van der Waals surface area contributed by atoms with Crippen LogP contribution in [0.2, 0.25) is 0 Å². The molecule has 1 aliphatic rings. The number of anilines is 1. The summed E-state index contributed by atoms with van der Waals surface area (Å²) in [5.41, 5.74) is 2.05. The first-order valence-corrected chi connectivity index (χ1v) is 6.20. The number of rotatable bonds is 2. The van der Waals surface area contributed by atoms with Gasteiger partial charge in [0.15, 0.2) is 5.82 Å². The number of aliphatic imine (C=N–C) groups is 1. The van der Waals surface area contributed by atoms with E-state index in [1.807, 2.05) is 25.9 Å². The molecule has 0 N–H and O–H groups in total. The van der Waals surface area contributed by atoms with Crippen molar-refractivity contribution >= 4 is 17.7 Å². The Labute approximate surface area is 103 Å². The molecule has 17 heavy (non-hydrogen) atoms. The predicted molar refractivity (Wildman–Crippen MR) is 71.4 cm³/mol. The SMILES string of the molecule is CCC1C=Nc2c(nc(C)nc2N(C)C)CC1. The van der Waals surface area contributed by atoms with Crippen LogP contribution in [-0.4, -0.2) is 30.3 Å². The minimum atomic E-state index is 0.569. The maximum Gasteiger partial charge on any atom is 0.158 e. The van der Waals surface area contributed by atoms with Crippen molar-refractivity contribution < 1.29 is 0 Å². The molecule has 0 aliphatic carbocycles. The van der Waals surface area contributed by atoms with Crippen LogP contribution in [0.1, 0.15) is 31.3 Å². The number of nitrogens with zero attached hydrogens (tertiary/aromatic N) is 4. The summed E-state index contributed by atoms with van der Waals surface area (Å²) in [6.07, 6.45) is 5.34. The van der Waals surface area contributed by atoms with E-state index in [0.29, 0.717) is 5.92 Å². The molecule has 1 atom stereocenters. The van der Waals surface area contributed by atoms with Gasteiger partial charge in [0.05, 0.1) is 5.69 Å². The Morgan fingerprint density at radius 2 is 2.12 bits per heavy atom. The largest absolute Gasteiger partial charge is 0.361 e. The molecule has 4 nitrogen and oxygen atoms in total. The molecule has 0 saturated heterocycles. The van der Waals surface area contributed by atoms with E-state index in [4.69, 9.17) is 0 Å². The van der Waals surface area contributed by atoms with Gasteiger partial charge in [-0.1, -0.05) is 6.92 Å². The number of aromatic nitrogens is 2. The third-order valence-corrected chi connectivity index (χ3v) is 3.16. The molecule has 0 bridgehead atoms. The van der Waals surface area contributed by atoms with Crippen LogP contribution in [0.3, 0.4) is 0 Å². The van der Waals surface area contributed by atoms with Crippen molar-refractivity contribution in [3.05, 3.63) is 11.5 Å². The first-order chi connectivity index (χ1) is 8.11. The van der Waals surface area contributed by atoms with Crippen molar-refractivity contribution in [1.82, 2.24) is 9.97 Å². The molecule has 1 unspecified atom stereocenters. The van der Waals surface area contributed by atoms with Gasteiger partial charge < -0.3 is 4.90 Å². The molecular formula is C13H20N4. The minimum Gasteiger partial charge on any atom is -0.361 e. The van der Waals surface area contributed by atoms with Crippen LogP contribution in [0.25, 0.3) is 0 Å². The summed E-state index contributed by atoms with van der Waals surface area (Å²) < 4.78 is 0. The van der Waals surface area contributed by atoms with E-state index in [2.05, 4.69) is 28.1 Å². The van der Waals surface area contributed by atoms with Crippen molar-refractivity contribution in [1.29, 1.82) is 0 Å². The summed E-state index contributed by atoms with van der Waals surface area (Å²) in [4.78, 5) is 15.6. The van der Waals surface area contributed by atoms with Gasteiger partial charge in [-0.25, -0.2) is 9.97 Å². The Hall–Kier alpha value is -1.45. The minimum absolute atomic E-state index is 0.569. The monoisotopic (exact) mass is 232 g/mol. The molecule has 2 rings (SSSR count). The summed E-state index contributed by atoms with van der Waals surface area (Å²) >= 11 is 0. The van der Waals surface area contributed by atoms with Crippen molar-refractivity contribution in [3.63, 3.8) is 0 Å². The zero-order valence-corrected chi connectivity index (χ0v) is 11.1. The number of hydrogen-bond donors (Lipinski definition) is 0. The molecule has 0 radical (unpaired) electrons. The molecule has 0 saturated carbocycles. The molecule has 0 fully saturated rings. The van der Waals surface area contributed by atoms with E-state index in [1.54, 1.807) is 0 Å². The second-order valence-corrected chi connectivity index (χ2v) is 4.77. The summed E-state index contributed by atoms with van der Waals surface area (Å²) in [6.45, 7) is 4.15. The normalized spacial score (nSPS) is 18.7. The molecule has 1 aliphatic heterocycles. The molecule has 0 amide bonds. The lowest BCUT2D eigenvalue weighted by molar-refractivity contribution is 0.615. The van der Waals surface area contributed by atoms with E-state index < -0.39 is 0 Å². The van der Waals surface area contributed by atoms with Gasteiger partial charge in [-0.2, -0.15) is 0 Å². The Morgan fingerprint density at radius 3 is 2.76 bits per heavy atom. The molecule has 0 spiro atoms. The van der Waals surface area contributed by atoms with Crippen LogP contribution < -0.4 is 4.90 Å². The highest BCUT2D eigenvalue weighted by molar-refractivity contribution is 5.74. The number of fused-ring (bicyclic) bond motifs is 1. The zero-order valence-electron chi connectivity index (χ0n) is 11.1. The van der Waals surface area contributed by atoms with Crippen LogP contribution >= 0.6 is 0 Å². The highest BCUT2D eigenvalue weighted by atomic mass is 15.2. The number of aryl methyl sites for hydroxylation is 2. The first-order valence-electron chi connectivity index (χ1n) is 6.20. The average Bonchev–Trinajstić information content (AvgIpc) is 2.49. The van der Waals surface area contributed by atoms with Crippen LogP contribution in [-0.2, 0) is 6.42 Å². The van der Waals surface area contributed by atoms with Crippen molar-refractivity contribution in [2.75, 3.05) is 19.0 Å². The molecule has 1 aromatic heterocycles. The Morgan fingerprint density at radius 1 is 1.35 bits per heavy atom. The van der Waals surface area contributed by atoms with E-state index in [1.165, 1.54) is 0 Å². The Bertz CT molecular complexity index is 437. The fraction of sp³-hybridized carbons (Fsp3) is 0.615. The molecule has 92 valence electrons. The summed E-state index contributed by atoms with van der Waals surface area (Å²) in [5.74, 6) is 2.33. The molecule has 2 heterocycles. The molecular weight excluding hydrogens is 212 g/mol. The van der Waals surface area contributed by atoms with Crippen LogP contribution in [0, 0.1) is 12.8 Å². The van der Waals surface area contributed by atoms with Gasteiger partial charge in [-0.05, 0) is 32.1 Å². The van der Waals surface area contributed by atoms with Crippen molar-refractivity contribution in [2.24, 2.45) is 10.9 Å². The zero-order chi connectivity index (χ0) is 12.4. The highest BCUT2D eigenvalue weighted by Gasteiger charge is 2.18. The van der Waals surface area contributed by atoms with E-state index in [0.717, 1.165) is 42.3 Å². The Kier molecular flexibility index (Phi) is 3.41. The maximum atomic E-state index is 4.61. The van der Waals surface area contributed by atoms with Gasteiger partial charge in [0, 0.05) is 20.3 Å². The molecule has 1 aromatic rings. The third-order valence-electron chi connectivity index (χ3n) is 3.16. The standard InChI is InChI=1S/C13H20N4/c1-5-10-6-7-11-12(14-8-10)13(17(3)4)16-9(2)15-11/h8,10H,5-7H2,1-4H3.